The number of rotatable bonds is 5. The van der Waals surface area contributed by atoms with Gasteiger partial charge < -0.3 is 10.6 Å². The van der Waals surface area contributed by atoms with Gasteiger partial charge in [0.2, 0.25) is 0 Å². The summed E-state index contributed by atoms with van der Waals surface area (Å²) in [4.78, 5) is 0. The lowest BCUT2D eigenvalue weighted by atomic mass is 9.73. The van der Waals surface area contributed by atoms with E-state index in [1.807, 2.05) is 0 Å². The van der Waals surface area contributed by atoms with Crippen molar-refractivity contribution in [3.8, 4) is 0 Å². The molecule has 6 rings (SSSR count). The zero-order valence-corrected chi connectivity index (χ0v) is 30.7. The maximum absolute atomic E-state index is 3.70. The molecule has 6 aliphatic rings. The van der Waals surface area contributed by atoms with Crippen LogP contribution in [0.25, 0.3) is 0 Å². The molecule has 250 valence electrons. The van der Waals surface area contributed by atoms with Crippen LogP contribution in [0.1, 0.15) is 172 Å². The Morgan fingerprint density at radius 2 is 0.857 bits per heavy atom. The highest BCUT2D eigenvalue weighted by atomic mass is 15.0. The molecule has 6 fully saturated rings. The molecule has 2 N–H and O–H groups in total. The standard InChI is InChI=1S/C10H19N.C9H18.C7H15N.2C7H14/c1-8(2)9-6-10(11-7-9)4-3-5-10;1-8(2)9-6-4-3-5-7-9;1-6(2)7-3-4-8-5-7;2*1-6(2)7-4-3-5-7/h8-9,11H,3-7H2,1-2H3;8-9H,3-7H2,1-2H3;6-8H,3-5H2,1-2H3;2*6-7H,3-5H2,1-2H3. The Kier molecular flexibility index (Phi) is 18.3. The SMILES string of the molecule is CC(C)C1CCC1.CC(C)C1CCC1.CC(C)C1CCCCC1.CC(C)C1CCNC1.CC(C)C1CNC2(CCC2)C1. The molecule has 0 amide bonds. The summed E-state index contributed by atoms with van der Waals surface area (Å²) in [5.74, 6) is 9.73. The van der Waals surface area contributed by atoms with Gasteiger partial charge in [0.1, 0.15) is 0 Å². The molecule has 2 nitrogen and oxygen atoms in total. The van der Waals surface area contributed by atoms with E-state index in [1.54, 1.807) is 0 Å². The Balaban J connectivity index is 0.000000186. The number of hydrogen-bond acceptors (Lipinski definition) is 2. The second-order valence-electron chi connectivity index (χ2n) is 17.2. The predicted molar refractivity (Wildman–Crippen MR) is 189 cm³/mol. The molecule has 2 heterocycles. The molecule has 2 unspecified atom stereocenters. The van der Waals surface area contributed by atoms with E-state index >= 15 is 0 Å². The lowest BCUT2D eigenvalue weighted by Gasteiger charge is -2.39. The van der Waals surface area contributed by atoms with Crippen molar-refractivity contribution in [3.63, 3.8) is 0 Å². The van der Waals surface area contributed by atoms with Crippen LogP contribution in [-0.4, -0.2) is 25.2 Å². The van der Waals surface area contributed by atoms with Gasteiger partial charge in [-0.1, -0.05) is 140 Å². The smallest absolute Gasteiger partial charge is 0.0184 e. The Hall–Kier alpha value is -0.0800. The van der Waals surface area contributed by atoms with Crippen LogP contribution >= 0.6 is 0 Å². The van der Waals surface area contributed by atoms with Gasteiger partial charge in [-0.25, -0.2) is 0 Å². The largest absolute Gasteiger partial charge is 0.316 e. The normalized spacial score (nSPS) is 27.2. The van der Waals surface area contributed by atoms with Crippen LogP contribution in [-0.2, 0) is 0 Å². The van der Waals surface area contributed by atoms with E-state index in [0.717, 1.165) is 59.2 Å². The molecule has 0 aromatic carbocycles. The third-order valence-electron chi connectivity index (χ3n) is 12.5. The van der Waals surface area contributed by atoms with Crippen molar-refractivity contribution in [2.45, 2.75) is 178 Å². The maximum atomic E-state index is 3.70. The highest BCUT2D eigenvalue weighted by molar-refractivity contribution is 5.02. The first-order valence-corrected chi connectivity index (χ1v) is 19.4. The second-order valence-corrected chi connectivity index (χ2v) is 17.2. The molecule has 2 atom stereocenters. The Labute approximate surface area is 266 Å². The van der Waals surface area contributed by atoms with Crippen LogP contribution in [0.3, 0.4) is 0 Å². The molecule has 1 spiro atoms. The van der Waals surface area contributed by atoms with Crippen molar-refractivity contribution in [2.75, 3.05) is 19.6 Å². The van der Waals surface area contributed by atoms with Crippen LogP contribution in [0.15, 0.2) is 0 Å². The zero-order chi connectivity index (χ0) is 31.1. The van der Waals surface area contributed by atoms with Gasteiger partial charge in [-0.3, -0.25) is 0 Å². The van der Waals surface area contributed by atoms with Crippen LogP contribution in [0.2, 0.25) is 0 Å². The lowest BCUT2D eigenvalue weighted by Crippen LogP contribution is -2.45. The van der Waals surface area contributed by atoms with Crippen molar-refractivity contribution in [3.05, 3.63) is 0 Å². The monoisotopic (exact) mass is 589 g/mol. The topological polar surface area (TPSA) is 24.1 Å². The molecular formula is C40H80N2. The Morgan fingerprint density at radius 1 is 0.429 bits per heavy atom. The van der Waals surface area contributed by atoms with Gasteiger partial charge in [-0.05, 0) is 111 Å². The minimum atomic E-state index is 0.620. The van der Waals surface area contributed by atoms with Crippen molar-refractivity contribution in [1.82, 2.24) is 10.6 Å². The summed E-state index contributed by atoms with van der Waals surface area (Å²) < 4.78 is 0. The van der Waals surface area contributed by atoms with Gasteiger partial charge in [-0.15, -0.1) is 0 Å². The van der Waals surface area contributed by atoms with Crippen molar-refractivity contribution in [1.29, 1.82) is 0 Å². The van der Waals surface area contributed by atoms with E-state index < -0.39 is 0 Å². The highest BCUT2D eigenvalue weighted by Crippen LogP contribution is 2.42. The third-order valence-corrected chi connectivity index (χ3v) is 12.5. The van der Waals surface area contributed by atoms with Crippen LogP contribution in [0, 0.1) is 59.2 Å². The molecule has 0 radical (unpaired) electrons. The molecule has 2 saturated heterocycles. The van der Waals surface area contributed by atoms with Crippen LogP contribution < -0.4 is 10.6 Å². The fourth-order valence-corrected chi connectivity index (χ4v) is 7.71. The van der Waals surface area contributed by atoms with Gasteiger partial charge in [0.15, 0.2) is 0 Å². The summed E-state index contributed by atoms with van der Waals surface area (Å²) >= 11 is 0. The maximum Gasteiger partial charge on any atom is 0.0184 e. The van der Waals surface area contributed by atoms with Gasteiger partial charge in [0.05, 0.1) is 0 Å². The number of hydrogen-bond donors (Lipinski definition) is 2. The second kappa shape index (κ2) is 20.1. The van der Waals surface area contributed by atoms with Gasteiger partial charge in [0, 0.05) is 5.54 Å². The van der Waals surface area contributed by atoms with E-state index in [9.17, 15) is 0 Å². The molecule has 4 saturated carbocycles. The van der Waals surface area contributed by atoms with E-state index in [2.05, 4.69) is 79.9 Å². The van der Waals surface area contributed by atoms with E-state index in [0.29, 0.717) is 5.54 Å². The van der Waals surface area contributed by atoms with E-state index in [4.69, 9.17) is 0 Å². The first kappa shape index (κ1) is 38.1. The minimum absolute atomic E-state index is 0.620. The van der Waals surface area contributed by atoms with Gasteiger partial charge in [-0.2, -0.15) is 0 Å². The lowest BCUT2D eigenvalue weighted by molar-refractivity contribution is 0.205. The van der Waals surface area contributed by atoms with E-state index in [1.165, 1.54) is 122 Å². The first-order valence-electron chi connectivity index (χ1n) is 19.4. The molecular weight excluding hydrogens is 508 g/mol. The quantitative estimate of drug-likeness (QED) is 0.334. The first-order chi connectivity index (χ1) is 19.9. The highest BCUT2D eigenvalue weighted by Gasteiger charge is 2.43. The average molecular weight is 589 g/mol. The van der Waals surface area contributed by atoms with Gasteiger partial charge >= 0.3 is 0 Å². The number of nitrogens with one attached hydrogen (secondary N) is 2. The molecule has 0 aromatic rings. The Morgan fingerprint density at radius 3 is 1.05 bits per heavy atom. The van der Waals surface area contributed by atoms with Crippen LogP contribution in [0.4, 0.5) is 0 Å². The molecule has 42 heavy (non-hydrogen) atoms. The molecule has 0 aromatic heterocycles. The average Bonchev–Trinajstić information content (AvgIpc) is 3.54. The summed E-state index contributed by atoms with van der Waals surface area (Å²) in [6.45, 7) is 27.1. The summed E-state index contributed by atoms with van der Waals surface area (Å²) in [7, 11) is 0. The summed E-state index contributed by atoms with van der Waals surface area (Å²) in [6, 6.07) is 0. The minimum Gasteiger partial charge on any atom is -0.316 e. The molecule has 4 aliphatic carbocycles. The van der Waals surface area contributed by atoms with Crippen molar-refractivity contribution in [2.24, 2.45) is 59.2 Å². The third kappa shape index (κ3) is 13.9. The van der Waals surface area contributed by atoms with Crippen molar-refractivity contribution >= 4 is 0 Å². The summed E-state index contributed by atoms with van der Waals surface area (Å²) in [5.41, 5.74) is 0.620. The van der Waals surface area contributed by atoms with Crippen molar-refractivity contribution < 1.29 is 0 Å². The zero-order valence-electron chi connectivity index (χ0n) is 30.7. The Bertz CT molecular complexity index is 623. The molecule has 2 heteroatoms. The predicted octanol–water partition coefficient (Wildman–Crippen LogP) is 11.5. The summed E-state index contributed by atoms with van der Waals surface area (Å²) in [5, 5.41) is 7.05. The summed E-state index contributed by atoms with van der Waals surface area (Å²) in [6.07, 6.45) is 23.6. The fourth-order valence-electron chi connectivity index (χ4n) is 7.71. The molecule has 0 bridgehead atoms. The molecule has 2 aliphatic heterocycles. The van der Waals surface area contributed by atoms with Gasteiger partial charge in [0.25, 0.3) is 0 Å². The van der Waals surface area contributed by atoms with Crippen LogP contribution in [0.5, 0.6) is 0 Å². The van der Waals surface area contributed by atoms with E-state index in [-0.39, 0.29) is 0 Å². The fraction of sp³-hybridized carbons (Fsp3) is 1.00.